The van der Waals surface area contributed by atoms with Crippen molar-refractivity contribution in [2.24, 2.45) is 0 Å². The fourth-order valence-corrected chi connectivity index (χ4v) is 1.29. The largest absolute Gasteiger partial charge is 0.493 e. The summed E-state index contributed by atoms with van der Waals surface area (Å²) in [5.41, 5.74) is -0.589. The summed E-state index contributed by atoms with van der Waals surface area (Å²) in [5, 5.41) is 8.71. The molecule has 0 radical (unpaired) electrons. The number of hydrogen-bond acceptors (Lipinski definition) is 2. The molecule has 0 unspecified atom stereocenters. The van der Waals surface area contributed by atoms with Gasteiger partial charge in [-0.15, -0.1) is 0 Å². The van der Waals surface area contributed by atoms with Gasteiger partial charge in [0.1, 0.15) is 5.75 Å². The van der Waals surface area contributed by atoms with E-state index in [4.69, 9.17) is 9.84 Å². The molecule has 0 aliphatic rings. The van der Waals surface area contributed by atoms with E-state index in [0.29, 0.717) is 6.92 Å². The normalized spacial score (nSPS) is 11.2. The molecule has 1 aromatic rings. The molecule has 1 rings (SSSR count). The molecule has 0 aliphatic heterocycles. The number of carboxylic acids is 1. The summed E-state index contributed by atoms with van der Waals surface area (Å²) in [6, 6.07) is 3.43. The Kier molecular flexibility index (Phi) is 3.47. The smallest absolute Gasteiger partial charge is 0.335 e. The highest BCUT2D eigenvalue weighted by molar-refractivity contribution is 5.88. The van der Waals surface area contributed by atoms with Gasteiger partial charge in [0.2, 0.25) is 0 Å². The zero-order chi connectivity index (χ0) is 12.3. The second-order valence-electron chi connectivity index (χ2n) is 3.34. The summed E-state index contributed by atoms with van der Waals surface area (Å²) in [7, 11) is 0. The minimum Gasteiger partial charge on any atom is -0.493 e. The van der Waals surface area contributed by atoms with E-state index in [1.165, 1.54) is 12.1 Å². The molecule has 88 valence electrons. The van der Waals surface area contributed by atoms with Gasteiger partial charge in [0.25, 0.3) is 5.92 Å². The molecule has 0 heterocycles. The van der Waals surface area contributed by atoms with Crippen LogP contribution >= 0.6 is 0 Å². The van der Waals surface area contributed by atoms with Crippen LogP contribution < -0.4 is 4.74 Å². The van der Waals surface area contributed by atoms with Gasteiger partial charge >= 0.3 is 5.97 Å². The third-order valence-electron chi connectivity index (χ3n) is 2.00. The van der Waals surface area contributed by atoms with Gasteiger partial charge in [0.15, 0.2) is 0 Å². The topological polar surface area (TPSA) is 46.5 Å². The fraction of sp³-hybridized carbons (Fsp3) is 0.364. The Morgan fingerprint density at radius 2 is 2.12 bits per heavy atom. The van der Waals surface area contributed by atoms with E-state index in [1.54, 1.807) is 6.92 Å². The predicted molar refractivity (Wildman–Crippen MR) is 54.1 cm³/mol. The monoisotopic (exact) mass is 230 g/mol. The van der Waals surface area contributed by atoms with Crippen LogP contribution in [-0.4, -0.2) is 17.7 Å². The highest BCUT2D eigenvalue weighted by Gasteiger charge is 2.29. The number of rotatable bonds is 4. The number of hydrogen-bond donors (Lipinski definition) is 1. The quantitative estimate of drug-likeness (QED) is 0.865. The lowest BCUT2D eigenvalue weighted by atomic mass is 10.0. The van der Waals surface area contributed by atoms with Gasteiger partial charge in [0.05, 0.1) is 17.7 Å². The Bertz CT molecular complexity index is 397. The lowest BCUT2D eigenvalue weighted by Gasteiger charge is -2.16. The van der Waals surface area contributed by atoms with Gasteiger partial charge < -0.3 is 9.84 Å². The molecule has 0 spiro atoms. The van der Waals surface area contributed by atoms with Gasteiger partial charge in [0, 0.05) is 6.92 Å². The summed E-state index contributed by atoms with van der Waals surface area (Å²) >= 11 is 0. The molecular formula is C11H12F2O3. The number of aromatic carboxylic acids is 1. The number of benzene rings is 1. The zero-order valence-electron chi connectivity index (χ0n) is 8.96. The molecule has 0 fully saturated rings. The molecule has 0 bridgehead atoms. The number of carboxylic acid groups (broad SMARTS) is 1. The maximum absolute atomic E-state index is 13.2. The van der Waals surface area contributed by atoms with Crippen molar-refractivity contribution < 1.29 is 23.4 Å². The highest BCUT2D eigenvalue weighted by Crippen LogP contribution is 2.35. The molecule has 1 aromatic carbocycles. The number of ether oxygens (including phenoxy) is 1. The summed E-state index contributed by atoms with van der Waals surface area (Å²) < 4.78 is 31.4. The van der Waals surface area contributed by atoms with Crippen molar-refractivity contribution in [2.45, 2.75) is 19.8 Å². The summed E-state index contributed by atoms with van der Waals surface area (Å²) in [6.07, 6.45) is 0. The van der Waals surface area contributed by atoms with E-state index < -0.39 is 17.5 Å². The second-order valence-corrected chi connectivity index (χ2v) is 3.34. The Labute approximate surface area is 91.7 Å². The van der Waals surface area contributed by atoms with Gasteiger partial charge in [-0.1, -0.05) is 0 Å². The summed E-state index contributed by atoms with van der Waals surface area (Å²) in [4.78, 5) is 10.7. The Hall–Kier alpha value is -1.65. The van der Waals surface area contributed by atoms with Crippen molar-refractivity contribution in [1.29, 1.82) is 0 Å². The minimum absolute atomic E-state index is 0.0139. The van der Waals surface area contributed by atoms with Crippen LogP contribution in [0.25, 0.3) is 0 Å². The maximum Gasteiger partial charge on any atom is 0.335 e. The van der Waals surface area contributed by atoms with Crippen LogP contribution in [0.4, 0.5) is 8.78 Å². The molecule has 16 heavy (non-hydrogen) atoms. The van der Waals surface area contributed by atoms with Crippen LogP contribution in [0, 0.1) is 0 Å². The van der Waals surface area contributed by atoms with Crippen molar-refractivity contribution in [2.75, 3.05) is 6.61 Å². The zero-order valence-corrected chi connectivity index (χ0v) is 8.96. The van der Waals surface area contributed by atoms with Crippen molar-refractivity contribution in [3.8, 4) is 5.75 Å². The summed E-state index contributed by atoms with van der Waals surface area (Å²) in [5.74, 6) is -4.36. The van der Waals surface area contributed by atoms with Crippen LogP contribution in [0.1, 0.15) is 29.8 Å². The van der Waals surface area contributed by atoms with Crippen molar-refractivity contribution >= 4 is 5.97 Å². The first-order valence-electron chi connectivity index (χ1n) is 4.74. The van der Waals surface area contributed by atoms with Crippen LogP contribution in [-0.2, 0) is 5.92 Å². The molecule has 1 N–H and O–H groups in total. The van der Waals surface area contributed by atoms with Gasteiger partial charge in [-0.05, 0) is 25.1 Å². The highest BCUT2D eigenvalue weighted by atomic mass is 19.3. The van der Waals surface area contributed by atoms with Gasteiger partial charge in [-0.2, -0.15) is 0 Å². The van der Waals surface area contributed by atoms with Gasteiger partial charge in [-0.25, -0.2) is 13.6 Å². The Morgan fingerprint density at radius 3 is 2.56 bits per heavy atom. The molecule has 0 aromatic heterocycles. The predicted octanol–water partition coefficient (Wildman–Crippen LogP) is 2.90. The average Bonchev–Trinajstić information content (AvgIpc) is 2.16. The van der Waals surface area contributed by atoms with E-state index in [9.17, 15) is 13.6 Å². The molecule has 3 nitrogen and oxygen atoms in total. The molecule has 5 heteroatoms. The Balaban J connectivity index is 3.27. The van der Waals surface area contributed by atoms with Crippen molar-refractivity contribution in [1.82, 2.24) is 0 Å². The number of carbonyl (C=O) groups is 1. The third-order valence-corrected chi connectivity index (χ3v) is 2.00. The summed E-state index contributed by atoms with van der Waals surface area (Å²) in [6.45, 7) is 2.62. The van der Waals surface area contributed by atoms with E-state index >= 15 is 0 Å². The van der Waals surface area contributed by atoms with Crippen LogP contribution in [0.15, 0.2) is 18.2 Å². The lowest BCUT2D eigenvalue weighted by Crippen LogP contribution is -2.12. The van der Waals surface area contributed by atoms with Crippen LogP contribution in [0.5, 0.6) is 5.75 Å². The van der Waals surface area contributed by atoms with E-state index in [-0.39, 0.29) is 17.9 Å². The molecule has 0 saturated carbocycles. The molecule has 0 saturated heterocycles. The standard InChI is InChI=1S/C11H12F2O3/c1-3-16-9-5-4-7(10(14)15)6-8(9)11(2,12)13/h4-6H,3H2,1-2H3,(H,14,15). The van der Waals surface area contributed by atoms with Crippen LogP contribution in [0.2, 0.25) is 0 Å². The Morgan fingerprint density at radius 1 is 1.50 bits per heavy atom. The SMILES string of the molecule is CCOc1ccc(C(=O)O)cc1C(C)(F)F. The third kappa shape index (κ3) is 2.68. The lowest BCUT2D eigenvalue weighted by molar-refractivity contribution is 0.0145. The second kappa shape index (κ2) is 4.47. The average molecular weight is 230 g/mol. The fourth-order valence-electron chi connectivity index (χ4n) is 1.29. The number of alkyl halides is 2. The molecular weight excluding hydrogens is 218 g/mol. The van der Waals surface area contributed by atoms with E-state index in [0.717, 1.165) is 6.07 Å². The molecule has 0 atom stereocenters. The first-order chi connectivity index (χ1) is 7.36. The molecule has 0 amide bonds. The first-order valence-corrected chi connectivity index (χ1v) is 4.74. The number of halogens is 2. The maximum atomic E-state index is 13.2. The van der Waals surface area contributed by atoms with Crippen LogP contribution in [0.3, 0.4) is 0 Å². The van der Waals surface area contributed by atoms with Crippen molar-refractivity contribution in [3.63, 3.8) is 0 Å². The molecule has 0 aliphatic carbocycles. The van der Waals surface area contributed by atoms with E-state index in [1.807, 2.05) is 0 Å². The van der Waals surface area contributed by atoms with Crippen molar-refractivity contribution in [3.05, 3.63) is 29.3 Å². The first kappa shape index (κ1) is 12.4. The van der Waals surface area contributed by atoms with Gasteiger partial charge in [-0.3, -0.25) is 0 Å². The minimum atomic E-state index is -3.13. The van der Waals surface area contributed by atoms with E-state index in [2.05, 4.69) is 0 Å².